The molecule has 168 valence electrons. The number of ether oxygens (including phenoxy) is 1. The number of benzene rings is 2. The molecule has 0 bridgehead atoms. The van der Waals surface area contributed by atoms with Crippen LogP contribution in [0.3, 0.4) is 0 Å². The van der Waals surface area contributed by atoms with E-state index in [1.54, 1.807) is 24.3 Å². The van der Waals surface area contributed by atoms with Crippen molar-refractivity contribution in [1.82, 2.24) is 4.90 Å². The number of carbonyl (C=O) groups excluding carboxylic acids is 2. The van der Waals surface area contributed by atoms with Crippen LogP contribution in [-0.4, -0.2) is 45.9 Å². The Morgan fingerprint density at radius 1 is 1.16 bits per heavy atom. The lowest BCUT2D eigenvalue weighted by atomic mass is 9.95. The van der Waals surface area contributed by atoms with Gasteiger partial charge in [-0.1, -0.05) is 28.1 Å². The third kappa shape index (κ3) is 5.05. The van der Waals surface area contributed by atoms with Gasteiger partial charge in [0, 0.05) is 35.3 Å². The summed E-state index contributed by atoms with van der Waals surface area (Å²) in [6.45, 7) is 4.53. The number of Topliss-reactive ketones (excluding diaryl/α,β-unsaturated/α-hetero) is 1. The van der Waals surface area contributed by atoms with E-state index in [9.17, 15) is 24.8 Å². The third-order valence-electron chi connectivity index (χ3n) is 5.07. The molecule has 3 rings (SSSR count). The van der Waals surface area contributed by atoms with Crippen LogP contribution in [0.5, 0.6) is 0 Å². The molecule has 1 aliphatic rings. The number of nitro benzene ring substituents is 1. The molecule has 0 saturated carbocycles. The van der Waals surface area contributed by atoms with Gasteiger partial charge in [0.05, 0.1) is 22.6 Å². The Balaban J connectivity index is 2.02. The van der Waals surface area contributed by atoms with Crippen molar-refractivity contribution in [1.29, 1.82) is 0 Å². The highest BCUT2D eigenvalue weighted by atomic mass is 79.9. The van der Waals surface area contributed by atoms with E-state index in [2.05, 4.69) is 15.9 Å². The number of ketones is 1. The summed E-state index contributed by atoms with van der Waals surface area (Å²) in [6, 6.07) is 11.6. The predicted octanol–water partition coefficient (Wildman–Crippen LogP) is 4.59. The molecule has 8 nitrogen and oxygen atoms in total. The highest BCUT2D eigenvalue weighted by molar-refractivity contribution is 9.10. The van der Waals surface area contributed by atoms with E-state index in [0.717, 1.165) is 4.47 Å². The molecule has 1 aliphatic heterocycles. The molecular formula is C23H23BrN2O6. The largest absolute Gasteiger partial charge is 0.507 e. The summed E-state index contributed by atoms with van der Waals surface area (Å²) >= 11 is 3.38. The molecule has 1 atom stereocenters. The van der Waals surface area contributed by atoms with Crippen molar-refractivity contribution in [2.75, 3.05) is 13.2 Å². The number of aliphatic hydroxyl groups is 1. The van der Waals surface area contributed by atoms with E-state index in [1.807, 2.05) is 13.8 Å². The smallest absolute Gasteiger partial charge is 0.295 e. The second kappa shape index (κ2) is 10.1. The number of rotatable bonds is 8. The number of aliphatic hydroxyl groups excluding tert-OH is 1. The van der Waals surface area contributed by atoms with Crippen LogP contribution in [0.15, 0.2) is 58.6 Å². The minimum atomic E-state index is -0.793. The van der Waals surface area contributed by atoms with Crippen molar-refractivity contribution in [3.63, 3.8) is 0 Å². The molecule has 0 radical (unpaired) electrons. The zero-order chi connectivity index (χ0) is 23.4. The molecule has 1 saturated heterocycles. The van der Waals surface area contributed by atoms with Crippen LogP contribution >= 0.6 is 15.9 Å². The van der Waals surface area contributed by atoms with Gasteiger partial charge >= 0.3 is 0 Å². The Kier molecular flexibility index (Phi) is 7.42. The zero-order valence-electron chi connectivity index (χ0n) is 17.7. The first-order valence-electron chi connectivity index (χ1n) is 10.1. The lowest BCUT2D eigenvalue weighted by Gasteiger charge is -2.25. The van der Waals surface area contributed by atoms with Gasteiger partial charge in [-0.15, -0.1) is 0 Å². The van der Waals surface area contributed by atoms with Gasteiger partial charge in [0.2, 0.25) is 0 Å². The van der Waals surface area contributed by atoms with Crippen molar-refractivity contribution in [2.45, 2.75) is 32.4 Å². The number of likely N-dealkylation sites (tertiary alicyclic amines) is 1. The first kappa shape index (κ1) is 23.6. The molecular weight excluding hydrogens is 480 g/mol. The van der Waals surface area contributed by atoms with Crippen LogP contribution < -0.4 is 0 Å². The van der Waals surface area contributed by atoms with Gasteiger partial charge in [-0.05, 0) is 50.1 Å². The van der Waals surface area contributed by atoms with Crippen LogP contribution in [-0.2, 0) is 14.3 Å². The topological polar surface area (TPSA) is 110 Å². The molecule has 1 N–H and O–H groups in total. The minimum Gasteiger partial charge on any atom is -0.507 e. The van der Waals surface area contributed by atoms with E-state index in [-0.39, 0.29) is 35.2 Å². The van der Waals surface area contributed by atoms with Gasteiger partial charge in [0.25, 0.3) is 17.4 Å². The molecule has 2 aromatic carbocycles. The SMILES string of the molecule is CC(C)OCCCN1C(=O)C(=O)C(=C(O)c2ccc([N+](=O)[O-])cc2)[C@H]1c1ccc(Br)cc1. The minimum absolute atomic E-state index is 0.0454. The monoisotopic (exact) mass is 502 g/mol. The summed E-state index contributed by atoms with van der Waals surface area (Å²) in [5.74, 6) is -1.86. The average Bonchev–Trinajstić information content (AvgIpc) is 3.01. The van der Waals surface area contributed by atoms with Crippen LogP contribution in [0.25, 0.3) is 5.76 Å². The van der Waals surface area contributed by atoms with E-state index >= 15 is 0 Å². The molecule has 32 heavy (non-hydrogen) atoms. The van der Waals surface area contributed by atoms with Gasteiger partial charge < -0.3 is 14.7 Å². The van der Waals surface area contributed by atoms with Gasteiger partial charge in [-0.2, -0.15) is 0 Å². The first-order chi connectivity index (χ1) is 15.2. The van der Waals surface area contributed by atoms with E-state index in [0.29, 0.717) is 18.6 Å². The molecule has 0 spiro atoms. The summed E-state index contributed by atoms with van der Waals surface area (Å²) in [6.07, 6.45) is 0.574. The number of hydrogen-bond donors (Lipinski definition) is 1. The predicted molar refractivity (Wildman–Crippen MR) is 122 cm³/mol. The van der Waals surface area contributed by atoms with Crippen LogP contribution in [0.2, 0.25) is 0 Å². The third-order valence-corrected chi connectivity index (χ3v) is 5.60. The molecule has 1 amide bonds. The Morgan fingerprint density at radius 3 is 2.34 bits per heavy atom. The Hall–Kier alpha value is -3.04. The number of nitrogens with zero attached hydrogens (tertiary/aromatic N) is 2. The first-order valence-corrected chi connectivity index (χ1v) is 10.9. The fourth-order valence-electron chi connectivity index (χ4n) is 3.55. The van der Waals surface area contributed by atoms with Crippen LogP contribution in [0.1, 0.15) is 37.4 Å². The van der Waals surface area contributed by atoms with Crippen LogP contribution in [0, 0.1) is 10.1 Å². The second-order valence-electron chi connectivity index (χ2n) is 7.62. The lowest BCUT2D eigenvalue weighted by Crippen LogP contribution is -2.31. The standard InChI is InChI=1S/C23H23BrN2O6/c1-14(2)32-13-3-12-25-20(15-4-8-17(24)9-5-15)19(22(28)23(25)29)21(27)16-6-10-18(11-7-16)26(30)31/h4-11,14,20,27H,3,12-13H2,1-2H3/t20-/m1/s1. The maximum atomic E-state index is 12.9. The highest BCUT2D eigenvalue weighted by Gasteiger charge is 2.45. The molecule has 9 heteroatoms. The normalized spacial score (nSPS) is 17.9. The molecule has 2 aromatic rings. The summed E-state index contributed by atoms with van der Waals surface area (Å²) in [4.78, 5) is 37.6. The van der Waals surface area contributed by atoms with Crippen LogP contribution in [0.4, 0.5) is 5.69 Å². The molecule has 0 aliphatic carbocycles. The number of amides is 1. The summed E-state index contributed by atoms with van der Waals surface area (Å²) < 4.78 is 6.38. The Labute approximate surface area is 193 Å². The number of nitro groups is 1. The summed E-state index contributed by atoms with van der Waals surface area (Å²) in [7, 11) is 0. The van der Waals surface area contributed by atoms with Crippen molar-refractivity contribution in [3.8, 4) is 0 Å². The maximum absolute atomic E-state index is 12.9. The van der Waals surface area contributed by atoms with E-state index < -0.39 is 22.7 Å². The molecule has 1 fully saturated rings. The Morgan fingerprint density at radius 2 is 1.78 bits per heavy atom. The molecule has 0 aromatic heterocycles. The molecule has 0 unspecified atom stereocenters. The van der Waals surface area contributed by atoms with Gasteiger partial charge in [0.15, 0.2) is 0 Å². The highest BCUT2D eigenvalue weighted by Crippen LogP contribution is 2.39. The maximum Gasteiger partial charge on any atom is 0.295 e. The second-order valence-corrected chi connectivity index (χ2v) is 8.54. The quantitative estimate of drug-likeness (QED) is 0.141. The summed E-state index contributed by atoms with van der Waals surface area (Å²) in [5, 5.41) is 21.9. The zero-order valence-corrected chi connectivity index (χ0v) is 19.2. The number of halogens is 1. The average molecular weight is 503 g/mol. The number of non-ortho nitro benzene ring substituents is 1. The fraction of sp³-hybridized carbons (Fsp3) is 0.304. The number of hydrogen-bond acceptors (Lipinski definition) is 6. The Bertz CT molecular complexity index is 1050. The summed E-state index contributed by atoms with van der Waals surface area (Å²) in [5.41, 5.74) is 0.701. The number of carbonyl (C=O) groups is 2. The van der Waals surface area contributed by atoms with Crippen molar-refractivity contribution < 1.29 is 24.4 Å². The van der Waals surface area contributed by atoms with Crippen molar-refractivity contribution in [3.05, 3.63) is 79.8 Å². The fourth-order valence-corrected chi connectivity index (χ4v) is 3.82. The molecule has 1 heterocycles. The van der Waals surface area contributed by atoms with E-state index in [4.69, 9.17) is 4.74 Å². The van der Waals surface area contributed by atoms with E-state index in [1.165, 1.54) is 29.2 Å². The van der Waals surface area contributed by atoms with Gasteiger partial charge in [-0.25, -0.2) is 0 Å². The van der Waals surface area contributed by atoms with Crippen molar-refractivity contribution in [2.24, 2.45) is 0 Å². The van der Waals surface area contributed by atoms with Gasteiger partial charge in [0.1, 0.15) is 5.76 Å². The van der Waals surface area contributed by atoms with Crippen molar-refractivity contribution >= 4 is 39.1 Å². The lowest BCUT2D eigenvalue weighted by molar-refractivity contribution is -0.384. The van der Waals surface area contributed by atoms with Gasteiger partial charge in [-0.3, -0.25) is 19.7 Å².